The number of pyridine rings is 1. The molecule has 4 nitrogen and oxygen atoms in total. The lowest BCUT2D eigenvalue weighted by molar-refractivity contribution is 0.396. The van der Waals surface area contributed by atoms with Gasteiger partial charge in [0.1, 0.15) is 5.75 Å². The lowest BCUT2D eigenvalue weighted by atomic mass is 9.93. The van der Waals surface area contributed by atoms with Crippen LogP contribution in [0.4, 0.5) is 5.69 Å². The number of ether oxygens (including phenoxy) is 1. The van der Waals surface area contributed by atoms with Gasteiger partial charge in [0.2, 0.25) is 0 Å². The highest BCUT2D eigenvalue weighted by Crippen LogP contribution is 2.37. The van der Waals surface area contributed by atoms with Crippen molar-refractivity contribution in [2.45, 2.75) is 31.2 Å². The summed E-state index contributed by atoms with van der Waals surface area (Å²) in [7, 11) is 1.66. The highest BCUT2D eigenvalue weighted by molar-refractivity contribution is 7.80. The Morgan fingerprint density at radius 1 is 1.17 bits per heavy atom. The SMILES string of the molecule is COc1cccc(NC(=S)NC2(c3ccccn3)CCCC2)c1. The molecule has 1 aliphatic carbocycles. The number of methoxy groups -OCH3 is 1. The number of anilines is 1. The summed E-state index contributed by atoms with van der Waals surface area (Å²) in [5, 5.41) is 7.38. The normalized spacial score (nSPS) is 15.9. The second kappa shape index (κ2) is 6.96. The molecule has 0 amide bonds. The smallest absolute Gasteiger partial charge is 0.171 e. The Labute approximate surface area is 142 Å². The van der Waals surface area contributed by atoms with E-state index in [1.165, 1.54) is 12.8 Å². The molecule has 1 aromatic carbocycles. The number of nitrogens with one attached hydrogen (secondary N) is 2. The van der Waals surface area contributed by atoms with E-state index in [4.69, 9.17) is 17.0 Å². The van der Waals surface area contributed by atoms with E-state index in [1.54, 1.807) is 7.11 Å². The molecule has 1 aromatic heterocycles. The maximum Gasteiger partial charge on any atom is 0.171 e. The Morgan fingerprint density at radius 3 is 2.70 bits per heavy atom. The van der Waals surface area contributed by atoms with Gasteiger partial charge in [0.05, 0.1) is 18.3 Å². The summed E-state index contributed by atoms with van der Waals surface area (Å²) < 4.78 is 5.25. The van der Waals surface area contributed by atoms with Crippen molar-refractivity contribution in [3.8, 4) is 5.75 Å². The van der Waals surface area contributed by atoms with Crippen molar-refractivity contribution in [1.29, 1.82) is 0 Å². The number of rotatable bonds is 4. The molecule has 1 heterocycles. The second-order valence-corrected chi connectivity index (χ2v) is 6.22. The first-order valence-electron chi connectivity index (χ1n) is 7.87. The van der Waals surface area contributed by atoms with Gasteiger partial charge in [-0.15, -0.1) is 0 Å². The van der Waals surface area contributed by atoms with Crippen LogP contribution in [0.2, 0.25) is 0 Å². The van der Waals surface area contributed by atoms with Crippen molar-refractivity contribution in [3.05, 3.63) is 54.4 Å². The Kier molecular flexibility index (Phi) is 4.76. The van der Waals surface area contributed by atoms with Crippen molar-refractivity contribution >= 4 is 23.0 Å². The van der Waals surface area contributed by atoms with E-state index in [0.29, 0.717) is 5.11 Å². The van der Waals surface area contributed by atoms with E-state index in [9.17, 15) is 0 Å². The highest BCUT2D eigenvalue weighted by Gasteiger charge is 2.37. The molecule has 0 atom stereocenters. The van der Waals surface area contributed by atoms with Crippen molar-refractivity contribution in [2.75, 3.05) is 12.4 Å². The minimum absolute atomic E-state index is 0.162. The van der Waals surface area contributed by atoms with E-state index in [2.05, 4.69) is 21.7 Å². The number of thiocarbonyl (C=S) groups is 1. The fourth-order valence-corrected chi connectivity index (χ4v) is 3.46. The molecule has 0 spiro atoms. The largest absolute Gasteiger partial charge is 0.497 e. The zero-order valence-corrected chi connectivity index (χ0v) is 14.0. The van der Waals surface area contributed by atoms with Crippen molar-refractivity contribution < 1.29 is 4.74 Å². The minimum Gasteiger partial charge on any atom is -0.497 e. The molecule has 1 fully saturated rings. The van der Waals surface area contributed by atoms with Gasteiger partial charge in [-0.25, -0.2) is 0 Å². The third-order valence-electron chi connectivity index (χ3n) is 4.29. The number of hydrogen-bond donors (Lipinski definition) is 2. The molecule has 0 unspecified atom stereocenters. The predicted octanol–water partition coefficient (Wildman–Crippen LogP) is 3.85. The molecule has 0 saturated heterocycles. The van der Waals surface area contributed by atoms with Crippen molar-refractivity contribution in [2.24, 2.45) is 0 Å². The lowest BCUT2D eigenvalue weighted by Gasteiger charge is -2.31. The van der Waals surface area contributed by atoms with Gasteiger partial charge in [0, 0.05) is 18.0 Å². The number of aromatic nitrogens is 1. The quantitative estimate of drug-likeness (QED) is 0.835. The Hall–Kier alpha value is -2.14. The summed E-state index contributed by atoms with van der Waals surface area (Å²) in [6, 6.07) is 13.8. The molecule has 120 valence electrons. The van der Waals surface area contributed by atoms with Gasteiger partial charge in [0.25, 0.3) is 0 Å². The zero-order chi connectivity index (χ0) is 16.1. The summed E-state index contributed by atoms with van der Waals surface area (Å²) in [6.07, 6.45) is 6.31. The topological polar surface area (TPSA) is 46.2 Å². The van der Waals surface area contributed by atoms with Crippen LogP contribution in [0.5, 0.6) is 5.75 Å². The minimum atomic E-state index is -0.162. The monoisotopic (exact) mass is 327 g/mol. The molecule has 0 bridgehead atoms. The Bertz CT molecular complexity index is 669. The van der Waals surface area contributed by atoms with Crippen LogP contribution in [0.1, 0.15) is 31.4 Å². The third kappa shape index (κ3) is 3.62. The van der Waals surface area contributed by atoms with Gasteiger partial charge in [-0.1, -0.05) is 25.0 Å². The van der Waals surface area contributed by atoms with Gasteiger partial charge in [0.15, 0.2) is 5.11 Å². The molecule has 1 saturated carbocycles. The van der Waals surface area contributed by atoms with Crippen LogP contribution in [-0.2, 0) is 5.54 Å². The second-order valence-electron chi connectivity index (χ2n) is 5.82. The van der Waals surface area contributed by atoms with Crippen LogP contribution in [0.25, 0.3) is 0 Å². The molecular weight excluding hydrogens is 306 g/mol. The van der Waals surface area contributed by atoms with E-state index >= 15 is 0 Å². The molecular formula is C18H21N3OS. The number of hydrogen-bond acceptors (Lipinski definition) is 3. The Morgan fingerprint density at radius 2 is 2.00 bits per heavy atom. The number of benzene rings is 1. The maximum atomic E-state index is 5.53. The van der Waals surface area contributed by atoms with Crippen LogP contribution < -0.4 is 15.4 Å². The van der Waals surface area contributed by atoms with Gasteiger partial charge in [-0.05, 0) is 49.3 Å². The van der Waals surface area contributed by atoms with Crippen molar-refractivity contribution in [3.63, 3.8) is 0 Å². The van der Waals surface area contributed by atoms with Crippen LogP contribution in [-0.4, -0.2) is 17.2 Å². The summed E-state index contributed by atoms with van der Waals surface area (Å²) in [5.41, 5.74) is 1.81. The maximum absolute atomic E-state index is 5.53. The summed E-state index contributed by atoms with van der Waals surface area (Å²) in [6.45, 7) is 0. The van der Waals surface area contributed by atoms with E-state index < -0.39 is 0 Å². The fourth-order valence-electron chi connectivity index (χ4n) is 3.15. The van der Waals surface area contributed by atoms with Gasteiger partial charge < -0.3 is 15.4 Å². The van der Waals surface area contributed by atoms with E-state index in [1.807, 2.05) is 42.6 Å². The van der Waals surface area contributed by atoms with Crippen LogP contribution in [0.3, 0.4) is 0 Å². The molecule has 0 radical (unpaired) electrons. The zero-order valence-electron chi connectivity index (χ0n) is 13.2. The molecule has 23 heavy (non-hydrogen) atoms. The number of nitrogens with zero attached hydrogens (tertiary/aromatic N) is 1. The van der Waals surface area contributed by atoms with Crippen LogP contribution in [0, 0.1) is 0 Å². The standard InChI is InChI=1S/C18H21N3OS/c1-22-15-8-6-7-14(13-15)20-17(23)21-18(10-3-4-11-18)16-9-2-5-12-19-16/h2,5-9,12-13H,3-4,10-11H2,1H3,(H2,20,21,23). The first-order valence-corrected chi connectivity index (χ1v) is 8.27. The predicted molar refractivity (Wildman–Crippen MR) is 96.7 cm³/mol. The van der Waals surface area contributed by atoms with E-state index in [-0.39, 0.29) is 5.54 Å². The molecule has 5 heteroatoms. The summed E-state index contributed by atoms with van der Waals surface area (Å²) in [4.78, 5) is 4.55. The lowest BCUT2D eigenvalue weighted by Crippen LogP contribution is -2.46. The van der Waals surface area contributed by atoms with E-state index in [0.717, 1.165) is 30.0 Å². The first kappa shape index (κ1) is 15.7. The van der Waals surface area contributed by atoms with Gasteiger partial charge in [-0.3, -0.25) is 4.98 Å². The Balaban J connectivity index is 1.74. The molecule has 2 aromatic rings. The third-order valence-corrected chi connectivity index (χ3v) is 4.50. The average Bonchev–Trinajstić information content (AvgIpc) is 3.05. The molecule has 0 aliphatic heterocycles. The average molecular weight is 327 g/mol. The molecule has 1 aliphatic rings. The molecule has 3 rings (SSSR count). The highest BCUT2D eigenvalue weighted by atomic mass is 32.1. The fraction of sp³-hybridized carbons (Fsp3) is 0.333. The summed E-state index contributed by atoms with van der Waals surface area (Å²) in [5.74, 6) is 0.804. The van der Waals surface area contributed by atoms with Crippen molar-refractivity contribution in [1.82, 2.24) is 10.3 Å². The van der Waals surface area contributed by atoms with Gasteiger partial charge >= 0.3 is 0 Å². The van der Waals surface area contributed by atoms with Gasteiger partial charge in [-0.2, -0.15) is 0 Å². The van der Waals surface area contributed by atoms with Crippen LogP contribution in [0.15, 0.2) is 48.7 Å². The first-order chi connectivity index (χ1) is 11.2. The molecule has 2 N–H and O–H groups in total. The van der Waals surface area contributed by atoms with Crippen LogP contribution >= 0.6 is 12.2 Å². The summed E-state index contributed by atoms with van der Waals surface area (Å²) >= 11 is 5.53.